The van der Waals surface area contributed by atoms with Crippen molar-refractivity contribution in [1.29, 1.82) is 0 Å². The summed E-state index contributed by atoms with van der Waals surface area (Å²) in [5.74, 6) is 0.942. The Morgan fingerprint density at radius 3 is 2.73 bits per heavy atom. The molecule has 0 spiro atoms. The standard InChI is InChI=1S/C18H25F2N3O3/c1-21-18(23-8-6-14(7-9-23)17(24)25-2)22-11-13-4-3-5-15(10-13)26-12-16(19)20/h3-5,10,14,16H,6-9,11-12H2,1-2H3,(H,21,22). The summed E-state index contributed by atoms with van der Waals surface area (Å²) in [4.78, 5) is 18.0. The van der Waals surface area contributed by atoms with Gasteiger partial charge in [-0.1, -0.05) is 12.1 Å². The molecule has 0 aliphatic carbocycles. The number of hydrogen-bond acceptors (Lipinski definition) is 4. The second kappa shape index (κ2) is 9.94. The lowest BCUT2D eigenvalue weighted by Gasteiger charge is -2.33. The molecule has 8 heteroatoms. The number of esters is 1. The summed E-state index contributed by atoms with van der Waals surface area (Å²) in [7, 11) is 3.12. The maximum absolute atomic E-state index is 12.2. The number of alkyl halides is 2. The minimum absolute atomic E-state index is 0.0574. The van der Waals surface area contributed by atoms with Crippen molar-refractivity contribution in [1.82, 2.24) is 10.2 Å². The number of piperidine rings is 1. The van der Waals surface area contributed by atoms with Crippen LogP contribution in [0.2, 0.25) is 0 Å². The Hall–Kier alpha value is -2.38. The molecule has 1 aliphatic heterocycles. The number of hydrogen-bond donors (Lipinski definition) is 1. The van der Waals surface area contributed by atoms with Crippen molar-refractivity contribution < 1.29 is 23.0 Å². The SMILES string of the molecule is CN=C(NCc1cccc(OCC(F)F)c1)N1CCC(C(=O)OC)CC1. The monoisotopic (exact) mass is 369 g/mol. The number of rotatable bonds is 6. The van der Waals surface area contributed by atoms with Crippen molar-refractivity contribution in [2.24, 2.45) is 10.9 Å². The highest BCUT2D eigenvalue weighted by Crippen LogP contribution is 2.19. The second-order valence-corrected chi connectivity index (χ2v) is 6.03. The third kappa shape index (κ3) is 5.86. The number of nitrogens with zero attached hydrogens (tertiary/aromatic N) is 2. The number of likely N-dealkylation sites (tertiary alicyclic amines) is 1. The molecular formula is C18H25F2N3O3. The normalized spacial score (nSPS) is 15.9. The number of halogens is 2. The summed E-state index contributed by atoms with van der Waals surface area (Å²) in [6.07, 6.45) is -1.04. The minimum Gasteiger partial charge on any atom is -0.488 e. The molecule has 1 fully saturated rings. The molecule has 1 aliphatic rings. The van der Waals surface area contributed by atoms with E-state index in [1.165, 1.54) is 7.11 Å². The van der Waals surface area contributed by atoms with Crippen molar-refractivity contribution in [3.8, 4) is 5.75 Å². The van der Waals surface area contributed by atoms with Gasteiger partial charge in [0.15, 0.2) is 5.96 Å². The highest BCUT2D eigenvalue weighted by atomic mass is 19.3. The zero-order valence-electron chi connectivity index (χ0n) is 15.1. The van der Waals surface area contributed by atoms with E-state index in [9.17, 15) is 13.6 Å². The number of aliphatic imine (C=N–C) groups is 1. The number of methoxy groups -OCH3 is 1. The van der Waals surface area contributed by atoms with Crippen LogP contribution in [0.25, 0.3) is 0 Å². The summed E-state index contributed by atoms with van der Waals surface area (Å²) in [6.45, 7) is 1.32. The minimum atomic E-state index is -2.50. The van der Waals surface area contributed by atoms with Gasteiger partial charge in [-0.05, 0) is 30.5 Å². The Balaban J connectivity index is 1.86. The summed E-state index contributed by atoms with van der Waals surface area (Å²) >= 11 is 0. The maximum atomic E-state index is 12.2. The molecule has 0 unspecified atom stereocenters. The Morgan fingerprint density at radius 2 is 2.12 bits per heavy atom. The predicted molar refractivity (Wildman–Crippen MR) is 94.5 cm³/mol. The van der Waals surface area contributed by atoms with E-state index < -0.39 is 13.0 Å². The molecule has 144 valence electrons. The number of guanidine groups is 1. The van der Waals surface area contributed by atoms with Gasteiger partial charge >= 0.3 is 5.97 Å². The van der Waals surface area contributed by atoms with Crippen LogP contribution in [0, 0.1) is 5.92 Å². The van der Waals surface area contributed by atoms with Crippen LogP contribution in [-0.4, -0.2) is 57.1 Å². The van der Waals surface area contributed by atoms with E-state index in [-0.39, 0.29) is 11.9 Å². The Kier molecular flexibility index (Phi) is 7.62. The van der Waals surface area contributed by atoms with Gasteiger partial charge in [0.05, 0.1) is 13.0 Å². The lowest BCUT2D eigenvalue weighted by Crippen LogP contribution is -2.46. The smallest absolute Gasteiger partial charge is 0.308 e. The zero-order valence-corrected chi connectivity index (χ0v) is 15.1. The van der Waals surface area contributed by atoms with E-state index >= 15 is 0 Å². The number of nitrogens with one attached hydrogen (secondary N) is 1. The third-order valence-electron chi connectivity index (χ3n) is 4.27. The first-order chi connectivity index (χ1) is 12.5. The van der Waals surface area contributed by atoms with Crippen LogP contribution in [0.1, 0.15) is 18.4 Å². The van der Waals surface area contributed by atoms with Gasteiger partial charge in [0.25, 0.3) is 6.43 Å². The Bertz CT molecular complexity index is 617. The maximum Gasteiger partial charge on any atom is 0.308 e. The molecule has 1 N–H and O–H groups in total. The Labute approximate surface area is 152 Å². The lowest BCUT2D eigenvalue weighted by atomic mass is 9.97. The van der Waals surface area contributed by atoms with E-state index in [0.29, 0.717) is 12.3 Å². The van der Waals surface area contributed by atoms with Crippen LogP contribution in [0.15, 0.2) is 29.3 Å². The van der Waals surface area contributed by atoms with Gasteiger partial charge in [0.1, 0.15) is 12.4 Å². The van der Waals surface area contributed by atoms with Gasteiger partial charge in [0, 0.05) is 26.7 Å². The molecule has 26 heavy (non-hydrogen) atoms. The van der Waals surface area contributed by atoms with Gasteiger partial charge in [-0.15, -0.1) is 0 Å². The van der Waals surface area contributed by atoms with Gasteiger partial charge < -0.3 is 19.7 Å². The van der Waals surface area contributed by atoms with Crippen LogP contribution in [0.3, 0.4) is 0 Å². The van der Waals surface area contributed by atoms with E-state index in [2.05, 4.69) is 15.2 Å². The van der Waals surface area contributed by atoms with E-state index in [1.54, 1.807) is 25.2 Å². The first kappa shape index (κ1) is 19.9. The molecule has 0 saturated carbocycles. The second-order valence-electron chi connectivity index (χ2n) is 6.03. The molecular weight excluding hydrogens is 344 g/mol. The lowest BCUT2D eigenvalue weighted by molar-refractivity contribution is -0.146. The molecule has 1 heterocycles. The van der Waals surface area contributed by atoms with Crippen molar-refractivity contribution in [3.05, 3.63) is 29.8 Å². The van der Waals surface area contributed by atoms with Gasteiger partial charge in [-0.25, -0.2) is 8.78 Å². The topological polar surface area (TPSA) is 63.2 Å². The van der Waals surface area contributed by atoms with Crippen molar-refractivity contribution >= 4 is 11.9 Å². The molecule has 0 aromatic heterocycles. The average molecular weight is 369 g/mol. The van der Waals surface area contributed by atoms with Crippen molar-refractivity contribution in [2.75, 3.05) is 33.9 Å². The van der Waals surface area contributed by atoms with Crippen molar-refractivity contribution in [3.63, 3.8) is 0 Å². The fraction of sp³-hybridized carbons (Fsp3) is 0.556. The molecule has 2 rings (SSSR count). The van der Waals surface area contributed by atoms with Gasteiger partial charge in [0.2, 0.25) is 0 Å². The molecule has 1 aromatic rings. The number of carbonyl (C=O) groups is 1. The van der Waals surface area contributed by atoms with Gasteiger partial charge in [-0.3, -0.25) is 9.79 Å². The average Bonchev–Trinajstić information content (AvgIpc) is 2.67. The fourth-order valence-electron chi connectivity index (χ4n) is 2.91. The summed E-state index contributed by atoms with van der Waals surface area (Å²) in [5.41, 5.74) is 0.905. The number of carbonyl (C=O) groups excluding carboxylic acids is 1. The molecule has 1 saturated heterocycles. The molecule has 1 aromatic carbocycles. The predicted octanol–water partition coefficient (Wildman–Crippen LogP) is 2.29. The first-order valence-electron chi connectivity index (χ1n) is 8.56. The van der Waals surface area contributed by atoms with Crippen LogP contribution >= 0.6 is 0 Å². The Morgan fingerprint density at radius 1 is 1.38 bits per heavy atom. The van der Waals surface area contributed by atoms with Crippen LogP contribution < -0.4 is 10.1 Å². The number of ether oxygens (including phenoxy) is 2. The van der Waals surface area contributed by atoms with Crippen LogP contribution in [-0.2, 0) is 16.1 Å². The molecule has 0 radical (unpaired) electrons. The molecule has 0 amide bonds. The fourth-order valence-corrected chi connectivity index (χ4v) is 2.91. The molecule has 0 atom stereocenters. The molecule has 0 bridgehead atoms. The van der Waals surface area contributed by atoms with Crippen LogP contribution in [0.4, 0.5) is 8.78 Å². The summed E-state index contributed by atoms with van der Waals surface area (Å²) < 4.78 is 34.3. The number of benzene rings is 1. The zero-order chi connectivity index (χ0) is 18.9. The van der Waals surface area contributed by atoms with Crippen molar-refractivity contribution in [2.45, 2.75) is 25.8 Å². The highest BCUT2D eigenvalue weighted by Gasteiger charge is 2.26. The van der Waals surface area contributed by atoms with Gasteiger partial charge in [-0.2, -0.15) is 0 Å². The highest BCUT2D eigenvalue weighted by molar-refractivity contribution is 5.80. The van der Waals surface area contributed by atoms with Crippen LogP contribution in [0.5, 0.6) is 5.75 Å². The third-order valence-corrected chi connectivity index (χ3v) is 4.27. The van der Waals surface area contributed by atoms with E-state index in [1.807, 2.05) is 6.07 Å². The van der Waals surface area contributed by atoms with E-state index in [4.69, 9.17) is 9.47 Å². The summed E-state index contributed by atoms with van der Waals surface area (Å²) in [5, 5.41) is 3.26. The largest absolute Gasteiger partial charge is 0.488 e. The summed E-state index contributed by atoms with van der Waals surface area (Å²) in [6, 6.07) is 7.03. The molecule has 6 nitrogen and oxygen atoms in total. The quantitative estimate of drug-likeness (QED) is 0.474. The van der Waals surface area contributed by atoms with E-state index in [0.717, 1.165) is 37.5 Å². The first-order valence-corrected chi connectivity index (χ1v) is 8.56.